The number of nitrogens with zero attached hydrogens (tertiary/aromatic N) is 2. The minimum atomic E-state index is -1.06. The van der Waals surface area contributed by atoms with Crippen LogP contribution in [0.5, 0.6) is 0 Å². The highest BCUT2D eigenvalue weighted by molar-refractivity contribution is 6.02. The molecular weight excluding hydrogens is 224 g/mol. The lowest BCUT2D eigenvalue weighted by Gasteiger charge is -2.36. The number of rotatable bonds is 2. The third-order valence-electron chi connectivity index (χ3n) is 3.61. The molecule has 6 heteroatoms. The van der Waals surface area contributed by atoms with Gasteiger partial charge >= 0.3 is 11.9 Å². The van der Waals surface area contributed by atoms with E-state index in [0.29, 0.717) is 6.42 Å². The largest absolute Gasteiger partial charge is 0.481 e. The topological polar surface area (TPSA) is 111 Å². The molecule has 2 N–H and O–H groups in total. The smallest absolute Gasteiger partial charge is 0.318 e. The van der Waals surface area contributed by atoms with Gasteiger partial charge in [0.05, 0.1) is 11.8 Å². The fourth-order valence-corrected chi connectivity index (χ4v) is 2.87. The van der Waals surface area contributed by atoms with E-state index in [9.17, 15) is 9.59 Å². The molecule has 0 saturated heterocycles. The maximum Gasteiger partial charge on any atom is 0.318 e. The monoisotopic (exact) mass is 236 g/mol. The summed E-state index contributed by atoms with van der Waals surface area (Å²) in [5.74, 6) is -4.39. The van der Waals surface area contributed by atoms with Gasteiger partial charge in [-0.1, -0.05) is 12.2 Å². The molecule has 6 nitrogen and oxygen atoms in total. The average molecular weight is 236 g/mol. The molecule has 0 aliphatic heterocycles. The van der Waals surface area contributed by atoms with Gasteiger partial charge in [0.25, 0.3) is 5.71 Å². The van der Waals surface area contributed by atoms with E-state index in [-0.39, 0.29) is 18.1 Å². The summed E-state index contributed by atoms with van der Waals surface area (Å²) in [6.45, 7) is 0. The normalized spacial score (nSPS) is 35.2. The molecule has 0 aromatic heterocycles. The number of carbonyl (C=O) groups is 2. The summed E-state index contributed by atoms with van der Waals surface area (Å²) in [5, 5.41) is 18.2. The Morgan fingerprint density at radius 2 is 2.06 bits per heavy atom. The van der Waals surface area contributed by atoms with Gasteiger partial charge in [-0.05, 0) is 18.8 Å². The van der Waals surface area contributed by atoms with Crippen molar-refractivity contribution in [1.82, 2.24) is 0 Å². The van der Waals surface area contributed by atoms with Gasteiger partial charge in [0.2, 0.25) is 0 Å². The molecule has 17 heavy (non-hydrogen) atoms. The van der Waals surface area contributed by atoms with Gasteiger partial charge < -0.3 is 15.7 Å². The highest BCUT2D eigenvalue weighted by Gasteiger charge is 2.53. The predicted molar refractivity (Wildman–Crippen MR) is 56.2 cm³/mol. The Hall–Kier alpha value is -1.94. The Kier molecular flexibility index (Phi) is 2.81. The number of allylic oxidation sites excluding steroid dienone is 2. The van der Waals surface area contributed by atoms with Gasteiger partial charge in [0, 0.05) is 0 Å². The molecule has 2 bridgehead atoms. The molecule has 2 aliphatic carbocycles. The average Bonchev–Trinajstić information content (AvgIpc) is 2.27. The van der Waals surface area contributed by atoms with Crippen LogP contribution in [-0.2, 0) is 9.59 Å². The third kappa shape index (κ3) is 1.76. The maximum absolute atomic E-state index is 11.2. The van der Waals surface area contributed by atoms with Crippen LogP contribution in [0.15, 0.2) is 12.2 Å². The second-order valence-electron chi connectivity index (χ2n) is 4.45. The van der Waals surface area contributed by atoms with Crippen molar-refractivity contribution in [3.05, 3.63) is 17.7 Å². The molecule has 2 aliphatic rings. The molecule has 0 aromatic carbocycles. The van der Waals surface area contributed by atoms with Crippen LogP contribution in [0, 0.1) is 23.7 Å². The van der Waals surface area contributed by atoms with Crippen LogP contribution in [0.3, 0.4) is 0 Å². The first kappa shape index (κ1) is 11.5. The zero-order chi connectivity index (χ0) is 12.6. The van der Waals surface area contributed by atoms with Crippen LogP contribution in [0.1, 0.15) is 12.8 Å². The number of carboxylic acid groups (broad SMARTS) is 2. The predicted octanol–water partition coefficient (Wildman–Crippen LogP) is 0.655. The zero-order valence-electron chi connectivity index (χ0n) is 8.98. The first-order valence-electron chi connectivity index (χ1n) is 5.40. The SMILES string of the molecule is [N-]=[N+]=C1C(C(=O)O)CC2C=CCC1C2C(=O)O. The molecule has 0 heterocycles. The van der Waals surface area contributed by atoms with Gasteiger partial charge in [-0.15, -0.1) is 0 Å². The van der Waals surface area contributed by atoms with Gasteiger partial charge in [-0.3, -0.25) is 9.59 Å². The highest BCUT2D eigenvalue weighted by atomic mass is 16.4. The summed E-state index contributed by atoms with van der Waals surface area (Å²) in [6.07, 6.45) is 4.19. The molecular formula is C11H12N2O4. The third-order valence-corrected chi connectivity index (χ3v) is 3.61. The van der Waals surface area contributed by atoms with E-state index in [1.54, 1.807) is 6.08 Å². The molecule has 4 atom stereocenters. The zero-order valence-corrected chi connectivity index (χ0v) is 8.98. The number of aliphatic carboxylic acids is 2. The van der Waals surface area contributed by atoms with Crippen LogP contribution in [0.4, 0.5) is 0 Å². The van der Waals surface area contributed by atoms with Crippen molar-refractivity contribution in [2.24, 2.45) is 23.7 Å². The van der Waals surface area contributed by atoms with E-state index in [1.807, 2.05) is 6.08 Å². The van der Waals surface area contributed by atoms with Crippen molar-refractivity contribution >= 4 is 17.7 Å². The Morgan fingerprint density at radius 1 is 1.35 bits per heavy atom. The quantitative estimate of drug-likeness (QED) is 0.416. The Balaban J connectivity index is 2.44. The second kappa shape index (κ2) is 4.14. The molecule has 2 rings (SSSR count). The lowest BCUT2D eigenvalue weighted by Crippen LogP contribution is -2.48. The van der Waals surface area contributed by atoms with Crippen LogP contribution in [0.2, 0.25) is 0 Å². The molecule has 1 saturated carbocycles. The number of hydrogen-bond donors (Lipinski definition) is 2. The number of fused-ring (bicyclic) bond motifs is 2. The van der Waals surface area contributed by atoms with Gasteiger partial charge in [-0.25, -0.2) is 0 Å². The Morgan fingerprint density at radius 3 is 2.59 bits per heavy atom. The van der Waals surface area contributed by atoms with Crippen LogP contribution < -0.4 is 0 Å². The van der Waals surface area contributed by atoms with E-state index in [0.717, 1.165) is 0 Å². The first-order chi connectivity index (χ1) is 8.06. The van der Waals surface area contributed by atoms with Crippen molar-refractivity contribution in [3.63, 3.8) is 0 Å². The lowest BCUT2D eigenvalue weighted by atomic mass is 9.63. The Labute approximate surface area is 97.2 Å². The number of carboxylic acids is 2. The lowest BCUT2D eigenvalue weighted by molar-refractivity contribution is -0.150. The van der Waals surface area contributed by atoms with Crippen LogP contribution in [-0.4, -0.2) is 32.7 Å². The second-order valence-corrected chi connectivity index (χ2v) is 4.45. The molecule has 4 unspecified atom stereocenters. The molecule has 0 aromatic rings. The Bertz CT molecular complexity index is 450. The summed E-state index contributed by atoms with van der Waals surface area (Å²) in [5.41, 5.74) is 9.02. The summed E-state index contributed by atoms with van der Waals surface area (Å²) >= 11 is 0. The maximum atomic E-state index is 11.2. The minimum absolute atomic E-state index is 0.0884. The van der Waals surface area contributed by atoms with Crippen molar-refractivity contribution in [1.29, 1.82) is 0 Å². The van der Waals surface area contributed by atoms with Crippen LogP contribution >= 0.6 is 0 Å². The standard InChI is InChI=1S/C11H12N2O4/c12-13-9-6-3-1-2-5(8(6)11(16)17)4-7(9)10(14)15/h1-2,5-8H,3-4H2,(H,14,15)(H,16,17). The fraction of sp³-hybridized carbons (Fsp3) is 0.545. The van der Waals surface area contributed by atoms with Crippen molar-refractivity contribution in [2.45, 2.75) is 12.8 Å². The van der Waals surface area contributed by atoms with Crippen molar-refractivity contribution in [3.8, 4) is 0 Å². The summed E-state index contributed by atoms with van der Waals surface area (Å²) in [7, 11) is 0. The van der Waals surface area contributed by atoms with E-state index < -0.39 is 29.7 Å². The van der Waals surface area contributed by atoms with E-state index in [4.69, 9.17) is 15.7 Å². The van der Waals surface area contributed by atoms with Gasteiger partial charge in [-0.2, -0.15) is 4.79 Å². The molecule has 1 fully saturated rings. The minimum Gasteiger partial charge on any atom is -0.481 e. The number of hydrogen-bond acceptors (Lipinski definition) is 2. The molecule has 0 radical (unpaired) electrons. The first-order valence-corrected chi connectivity index (χ1v) is 5.40. The summed E-state index contributed by atoms with van der Waals surface area (Å²) in [4.78, 5) is 25.3. The molecule has 90 valence electrons. The van der Waals surface area contributed by atoms with Gasteiger partial charge in [0.15, 0.2) is 5.92 Å². The summed E-state index contributed by atoms with van der Waals surface area (Å²) in [6, 6.07) is 0. The van der Waals surface area contributed by atoms with Crippen LogP contribution in [0.25, 0.3) is 5.53 Å². The van der Waals surface area contributed by atoms with Crippen molar-refractivity contribution < 1.29 is 24.6 Å². The molecule has 0 amide bonds. The fourth-order valence-electron chi connectivity index (χ4n) is 2.87. The highest BCUT2D eigenvalue weighted by Crippen LogP contribution is 2.42. The van der Waals surface area contributed by atoms with E-state index in [1.165, 1.54) is 0 Å². The van der Waals surface area contributed by atoms with E-state index >= 15 is 0 Å². The van der Waals surface area contributed by atoms with Gasteiger partial charge in [0.1, 0.15) is 0 Å². The van der Waals surface area contributed by atoms with Crippen molar-refractivity contribution in [2.75, 3.05) is 0 Å². The molecule has 0 spiro atoms. The summed E-state index contributed by atoms with van der Waals surface area (Å²) < 4.78 is 0. The van der Waals surface area contributed by atoms with E-state index in [2.05, 4.69) is 4.79 Å².